The van der Waals surface area contributed by atoms with Crippen LogP contribution in [0.5, 0.6) is 5.75 Å². The second-order valence-corrected chi connectivity index (χ2v) is 4.42. The molecule has 0 saturated heterocycles. The van der Waals surface area contributed by atoms with Crippen molar-refractivity contribution in [3.05, 3.63) is 30.5 Å². The van der Waals surface area contributed by atoms with E-state index in [1.54, 1.807) is 17.9 Å². The van der Waals surface area contributed by atoms with Crippen molar-refractivity contribution >= 4 is 5.82 Å². The van der Waals surface area contributed by atoms with Crippen LogP contribution in [0.2, 0.25) is 0 Å². The first-order valence-electron chi connectivity index (χ1n) is 6.54. The summed E-state index contributed by atoms with van der Waals surface area (Å²) in [6.45, 7) is 2.49. The van der Waals surface area contributed by atoms with Gasteiger partial charge in [-0.15, -0.1) is 0 Å². The summed E-state index contributed by atoms with van der Waals surface area (Å²) in [5, 5.41) is 8.06. The Kier molecular flexibility index (Phi) is 3.31. The van der Waals surface area contributed by atoms with Gasteiger partial charge in [0.05, 0.1) is 18.4 Å². The van der Waals surface area contributed by atoms with Gasteiger partial charge < -0.3 is 15.0 Å². The van der Waals surface area contributed by atoms with E-state index in [9.17, 15) is 0 Å². The van der Waals surface area contributed by atoms with E-state index in [1.165, 1.54) is 0 Å². The fraction of sp³-hybridized carbons (Fsp3) is 0.214. The topological polar surface area (TPSA) is 92.0 Å². The molecule has 7 nitrogen and oxygen atoms in total. The van der Waals surface area contributed by atoms with Gasteiger partial charge in [-0.25, -0.2) is 0 Å². The van der Waals surface area contributed by atoms with Crippen molar-refractivity contribution in [2.75, 3.05) is 12.3 Å². The van der Waals surface area contributed by atoms with Gasteiger partial charge in [0.25, 0.3) is 5.89 Å². The lowest BCUT2D eigenvalue weighted by Gasteiger charge is -2.05. The van der Waals surface area contributed by atoms with Gasteiger partial charge in [0.15, 0.2) is 0 Å². The monoisotopic (exact) mass is 285 g/mol. The number of nitrogens with two attached hydrogens (primary N) is 1. The maximum Gasteiger partial charge on any atom is 0.263 e. The Morgan fingerprint density at radius 3 is 2.81 bits per heavy atom. The van der Waals surface area contributed by atoms with Crippen molar-refractivity contribution in [2.24, 2.45) is 7.05 Å². The number of aromatic nitrogens is 4. The lowest BCUT2D eigenvalue weighted by molar-refractivity contribution is 0.341. The molecule has 0 fully saturated rings. The molecular formula is C14H15N5O2. The zero-order valence-corrected chi connectivity index (χ0v) is 11.8. The van der Waals surface area contributed by atoms with Crippen LogP contribution in [0.1, 0.15) is 6.92 Å². The average Bonchev–Trinajstić information content (AvgIpc) is 3.08. The molecule has 0 aliphatic heterocycles. The minimum Gasteiger partial charge on any atom is -0.493 e. The molecule has 0 aliphatic rings. The molecule has 0 saturated carbocycles. The van der Waals surface area contributed by atoms with Gasteiger partial charge in [-0.3, -0.25) is 4.68 Å². The fourth-order valence-electron chi connectivity index (χ4n) is 1.99. The third kappa shape index (κ3) is 2.33. The van der Waals surface area contributed by atoms with Crippen LogP contribution in [0, 0.1) is 0 Å². The summed E-state index contributed by atoms with van der Waals surface area (Å²) >= 11 is 0. The van der Waals surface area contributed by atoms with E-state index >= 15 is 0 Å². The molecule has 2 aromatic heterocycles. The number of benzene rings is 1. The van der Waals surface area contributed by atoms with Crippen molar-refractivity contribution in [1.29, 1.82) is 0 Å². The average molecular weight is 285 g/mol. The number of rotatable bonds is 4. The Hall–Kier alpha value is -2.83. The molecule has 21 heavy (non-hydrogen) atoms. The van der Waals surface area contributed by atoms with E-state index < -0.39 is 0 Å². The van der Waals surface area contributed by atoms with Crippen molar-refractivity contribution < 1.29 is 9.26 Å². The Balaban J connectivity index is 2.01. The number of hydrogen-bond acceptors (Lipinski definition) is 6. The zero-order chi connectivity index (χ0) is 14.8. The van der Waals surface area contributed by atoms with Crippen LogP contribution in [-0.4, -0.2) is 26.5 Å². The predicted molar refractivity (Wildman–Crippen MR) is 77.5 cm³/mol. The minimum absolute atomic E-state index is 0.335. The first-order chi connectivity index (χ1) is 10.2. The fourth-order valence-corrected chi connectivity index (χ4v) is 1.99. The highest BCUT2D eigenvalue weighted by Crippen LogP contribution is 2.30. The number of para-hydroxylation sites is 1. The van der Waals surface area contributed by atoms with Gasteiger partial charge in [-0.1, -0.05) is 17.3 Å². The third-order valence-corrected chi connectivity index (χ3v) is 3.07. The van der Waals surface area contributed by atoms with E-state index in [4.69, 9.17) is 15.0 Å². The molecule has 0 unspecified atom stereocenters. The summed E-state index contributed by atoms with van der Waals surface area (Å²) < 4.78 is 12.4. The number of nitrogens with zero attached hydrogens (tertiary/aromatic N) is 4. The van der Waals surface area contributed by atoms with Crippen LogP contribution >= 0.6 is 0 Å². The van der Waals surface area contributed by atoms with E-state index in [1.807, 2.05) is 31.2 Å². The van der Waals surface area contributed by atoms with Crippen molar-refractivity contribution in [1.82, 2.24) is 19.9 Å². The lowest BCUT2D eigenvalue weighted by atomic mass is 10.2. The predicted octanol–water partition coefficient (Wildman–Crippen LogP) is 2.12. The standard InChI is InChI=1S/C14H15N5O2/c1-3-20-11-7-5-4-6-9(11)13-17-14(21-18-13)10-8-16-19(2)12(10)15/h4-8H,3,15H2,1-2H3. The summed E-state index contributed by atoms with van der Waals surface area (Å²) in [4.78, 5) is 4.38. The van der Waals surface area contributed by atoms with Gasteiger partial charge in [0.1, 0.15) is 17.1 Å². The van der Waals surface area contributed by atoms with Crippen LogP contribution in [0.4, 0.5) is 5.82 Å². The van der Waals surface area contributed by atoms with Gasteiger partial charge in [0.2, 0.25) is 5.82 Å². The maximum absolute atomic E-state index is 5.91. The van der Waals surface area contributed by atoms with Crippen molar-refractivity contribution in [2.45, 2.75) is 6.92 Å². The Labute approximate surface area is 121 Å². The maximum atomic E-state index is 5.91. The van der Waals surface area contributed by atoms with Crippen LogP contribution in [0.15, 0.2) is 35.0 Å². The Morgan fingerprint density at radius 1 is 1.29 bits per heavy atom. The molecule has 0 aliphatic carbocycles. The molecule has 108 valence electrons. The molecule has 3 rings (SSSR count). The molecule has 2 heterocycles. The SMILES string of the molecule is CCOc1ccccc1-c1noc(-c2cnn(C)c2N)n1. The zero-order valence-electron chi connectivity index (χ0n) is 11.8. The number of aryl methyl sites for hydroxylation is 1. The summed E-state index contributed by atoms with van der Waals surface area (Å²) in [6, 6.07) is 7.54. The number of ether oxygens (including phenoxy) is 1. The summed E-state index contributed by atoms with van der Waals surface area (Å²) in [6.07, 6.45) is 1.60. The van der Waals surface area contributed by atoms with Crippen molar-refractivity contribution in [3.8, 4) is 28.6 Å². The molecule has 7 heteroatoms. The molecule has 2 N–H and O–H groups in total. The van der Waals surface area contributed by atoms with E-state index in [0.29, 0.717) is 35.5 Å². The van der Waals surface area contributed by atoms with Crippen LogP contribution in [0.25, 0.3) is 22.8 Å². The second kappa shape index (κ2) is 5.28. The molecular weight excluding hydrogens is 270 g/mol. The summed E-state index contributed by atoms with van der Waals surface area (Å²) in [7, 11) is 1.75. The molecule has 0 amide bonds. The second-order valence-electron chi connectivity index (χ2n) is 4.42. The van der Waals surface area contributed by atoms with Crippen LogP contribution in [-0.2, 0) is 7.05 Å². The summed E-state index contributed by atoms with van der Waals surface area (Å²) in [5.41, 5.74) is 7.30. The lowest BCUT2D eigenvalue weighted by Crippen LogP contribution is -1.98. The van der Waals surface area contributed by atoms with Gasteiger partial charge in [-0.2, -0.15) is 10.1 Å². The van der Waals surface area contributed by atoms with Gasteiger partial charge >= 0.3 is 0 Å². The molecule has 0 bridgehead atoms. The molecule has 1 aromatic carbocycles. The minimum atomic E-state index is 0.335. The number of nitrogen functional groups attached to an aromatic ring is 1. The summed E-state index contributed by atoms with van der Waals surface area (Å²) in [5.74, 6) is 1.98. The largest absolute Gasteiger partial charge is 0.493 e. The smallest absolute Gasteiger partial charge is 0.263 e. The van der Waals surface area contributed by atoms with Gasteiger partial charge in [0, 0.05) is 7.05 Å². The number of hydrogen-bond donors (Lipinski definition) is 1. The Bertz CT molecular complexity index is 762. The van der Waals surface area contributed by atoms with E-state index in [2.05, 4.69) is 15.2 Å². The third-order valence-electron chi connectivity index (χ3n) is 3.07. The van der Waals surface area contributed by atoms with E-state index in [0.717, 1.165) is 5.56 Å². The number of anilines is 1. The molecule has 0 radical (unpaired) electrons. The van der Waals surface area contributed by atoms with Crippen LogP contribution in [0.3, 0.4) is 0 Å². The van der Waals surface area contributed by atoms with Crippen molar-refractivity contribution in [3.63, 3.8) is 0 Å². The van der Waals surface area contributed by atoms with Crippen LogP contribution < -0.4 is 10.5 Å². The Morgan fingerprint density at radius 2 is 2.10 bits per heavy atom. The molecule has 0 spiro atoms. The van der Waals surface area contributed by atoms with Gasteiger partial charge in [-0.05, 0) is 19.1 Å². The molecule has 3 aromatic rings. The van der Waals surface area contributed by atoms with E-state index in [-0.39, 0.29) is 0 Å². The highest BCUT2D eigenvalue weighted by atomic mass is 16.5. The first-order valence-corrected chi connectivity index (χ1v) is 6.54. The highest BCUT2D eigenvalue weighted by Gasteiger charge is 2.17. The highest BCUT2D eigenvalue weighted by molar-refractivity contribution is 5.70. The normalized spacial score (nSPS) is 10.8. The quantitative estimate of drug-likeness (QED) is 0.789. The first kappa shape index (κ1) is 13.2. The molecule has 0 atom stereocenters.